The number of aromatic nitrogens is 4. The van der Waals surface area contributed by atoms with Crippen LogP contribution in [0.1, 0.15) is 5.56 Å². The molecule has 0 spiro atoms. The normalized spacial score (nSPS) is 11.1. The number of hydrogen-bond donors (Lipinski definition) is 2. The smallest absolute Gasteiger partial charge is 0.222 e. The third-order valence-corrected chi connectivity index (χ3v) is 5.66. The van der Waals surface area contributed by atoms with Crippen LogP contribution in [0.2, 0.25) is 0 Å². The summed E-state index contributed by atoms with van der Waals surface area (Å²) in [6, 6.07) is 18.4. The maximum atomic E-state index is 5.26. The zero-order chi connectivity index (χ0) is 22.2. The Balaban J connectivity index is 1.62. The minimum Gasteiger partial charge on any atom is -0.497 e. The molecule has 3 aromatic carbocycles. The Bertz CT molecular complexity index is 1440. The van der Waals surface area contributed by atoms with Crippen LogP contribution >= 0.6 is 0 Å². The first-order chi connectivity index (χ1) is 15.6. The van der Waals surface area contributed by atoms with Crippen LogP contribution in [0, 0.1) is 6.92 Å². The number of hydrogen-bond acceptors (Lipinski definition) is 6. The van der Waals surface area contributed by atoms with Crippen molar-refractivity contribution in [3.63, 3.8) is 0 Å². The maximum absolute atomic E-state index is 5.26. The number of benzene rings is 3. The molecule has 0 unspecified atom stereocenters. The number of rotatable bonds is 5. The number of ether oxygens (including phenoxy) is 1. The van der Waals surface area contributed by atoms with Crippen molar-refractivity contribution in [3.8, 4) is 16.9 Å². The van der Waals surface area contributed by atoms with Gasteiger partial charge in [-0.05, 0) is 60.5 Å². The highest BCUT2D eigenvalue weighted by Crippen LogP contribution is 2.37. The number of fused-ring (bicyclic) bond motifs is 2. The summed E-state index contributed by atoms with van der Waals surface area (Å²) in [6.07, 6.45) is 1.85. The molecule has 32 heavy (non-hydrogen) atoms. The second-order valence-electron chi connectivity index (χ2n) is 7.70. The molecule has 0 aliphatic heterocycles. The molecule has 0 saturated carbocycles. The summed E-state index contributed by atoms with van der Waals surface area (Å²) < 4.78 is 7.19. The van der Waals surface area contributed by atoms with Gasteiger partial charge in [-0.25, -0.2) is 9.97 Å². The highest BCUT2D eigenvalue weighted by Gasteiger charge is 2.16. The van der Waals surface area contributed by atoms with Gasteiger partial charge in [0, 0.05) is 42.3 Å². The van der Waals surface area contributed by atoms with Crippen molar-refractivity contribution < 1.29 is 4.74 Å². The van der Waals surface area contributed by atoms with Crippen LogP contribution in [-0.2, 0) is 7.05 Å². The lowest BCUT2D eigenvalue weighted by Crippen LogP contribution is -1.97. The summed E-state index contributed by atoms with van der Waals surface area (Å²) in [5.74, 6) is 2.25. The van der Waals surface area contributed by atoms with Crippen molar-refractivity contribution >= 4 is 39.3 Å². The molecule has 0 atom stereocenters. The lowest BCUT2D eigenvalue weighted by molar-refractivity contribution is 0.415. The molecule has 7 nitrogen and oxygen atoms in total. The van der Waals surface area contributed by atoms with E-state index in [-0.39, 0.29) is 0 Å². The third-order valence-electron chi connectivity index (χ3n) is 5.66. The summed E-state index contributed by atoms with van der Waals surface area (Å²) >= 11 is 0. The van der Waals surface area contributed by atoms with Crippen LogP contribution in [0.5, 0.6) is 5.75 Å². The Kier molecular flexibility index (Phi) is 4.86. The van der Waals surface area contributed by atoms with Gasteiger partial charge in [0.15, 0.2) is 5.82 Å². The van der Waals surface area contributed by atoms with Gasteiger partial charge >= 0.3 is 0 Å². The minimum atomic E-state index is 0.615. The predicted octanol–water partition coefficient (Wildman–Crippen LogP) is 5.29. The van der Waals surface area contributed by atoms with Gasteiger partial charge in [0.1, 0.15) is 5.75 Å². The molecule has 0 saturated heterocycles. The maximum Gasteiger partial charge on any atom is 0.222 e. The van der Waals surface area contributed by atoms with Crippen LogP contribution in [-0.4, -0.2) is 33.9 Å². The zero-order valence-electron chi connectivity index (χ0n) is 18.5. The van der Waals surface area contributed by atoms with Gasteiger partial charge in [-0.15, -0.1) is 0 Å². The molecule has 0 radical (unpaired) electrons. The van der Waals surface area contributed by atoms with Gasteiger partial charge in [-0.3, -0.25) is 4.68 Å². The molecule has 0 aliphatic rings. The van der Waals surface area contributed by atoms with Gasteiger partial charge in [0.05, 0.1) is 18.1 Å². The standard InChI is InChI=1S/C25H24N6O/c1-15-5-11-20-23(31(3)30-24(20)28-18-7-9-19(32-4)10-8-18)22(15)16-6-12-21-17(13-16)14-27-25(26-2)29-21/h5-14H,1-4H3,(H,28,30)(H,26,27,29). The Morgan fingerprint density at radius 2 is 1.81 bits per heavy atom. The Labute approximate surface area is 186 Å². The largest absolute Gasteiger partial charge is 0.497 e. The van der Waals surface area contributed by atoms with Gasteiger partial charge < -0.3 is 15.4 Å². The number of anilines is 3. The highest BCUT2D eigenvalue weighted by molar-refractivity contribution is 6.03. The highest BCUT2D eigenvalue weighted by atomic mass is 16.5. The van der Waals surface area contributed by atoms with E-state index in [0.717, 1.165) is 50.2 Å². The van der Waals surface area contributed by atoms with E-state index in [1.165, 1.54) is 5.56 Å². The van der Waals surface area contributed by atoms with Crippen molar-refractivity contribution in [1.82, 2.24) is 19.7 Å². The summed E-state index contributed by atoms with van der Waals surface area (Å²) in [6.45, 7) is 2.13. The molecule has 160 valence electrons. The molecule has 7 heteroatoms. The van der Waals surface area contributed by atoms with Gasteiger partial charge in [-0.2, -0.15) is 5.10 Å². The Morgan fingerprint density at radius 1 is 1.00 bits per heavy atom. The average Bonchev–Trinajstić information content (AvgIpc) is 3.13. The first-order valence-corrected chi connectivity index (χ1v) is 10.4. The molecule has 2 N–H and O–H groups in total. The lowest BCUT2D eigenvalue weighted by Gasteiger charge is -2.11. The second-order valence-corrected chi connectivity index (χ2v) is 7.70. The molecular weight excluding hydrogens is 400 g/mol. The van der Waals surface area contributed by atoms with Crippen LogP contribution in [0.4, 0.5) is 17.5 Å². The summed E-state index contributed by atoms with van der Waals surface area (Å²) in [7, 11) is 5.46. The molecule has 0 aliphatic carbocycles. The first-order valence-electron chi connectivity index (χ1n) is 10.4. The molecule has 5 aromatic rings. The van der Waals surface area contributed by atoms with Gasteiger partial charge in [0.25, 0.3) is 0 Å². The van der Waals surface area contributed by atoms with Crippen molar-refractivity contribution in [2.75, 3.05) is 24.8 Å². The number of nitrogens with zero attached hydrogens (tertiary/aromatic N) is 4. The van der Waals surface area contributed by atoms with E-state index in [1.807, 2.05) is 55.3 Å². The van der Waals surface area contributed by atoms with Crippen molar-refractivity contribution in [3.05, 3.63) is 66.4 Å². The Hall–Kier alpha value is -4.13. The van der Waals surface area contributed by atoms with Crippen molar-refractivity contribution in [2.24, 2.45) is 7.05 Å². The third kappa shape index (κ3) is 3.37. The topological polar surface area (TPSA) is 76.9 Å². The fourth-order valence-corrected chi connectivity index (χ4v) is 4.05. The first kappa shape index (κ1) is 19.8. The summed E-state index contributed by atoms with van der Waals surface area (Å²) in [5, 5.41) is 13.3. The Morgan fingerprint density at radius 3 is 2.56 bits per heavy atom. The van der Waals surface area contributed by atoms with E-state index in [9.17, 15) is 0 Å². The monoisotopic (exact) mass is 424 g/mol. The van der Waals surface area contributed by atoms with Crippen LogP contribution in [0.15, 0.2) is 60.8 Å². The average molecular weight is 425 g/mol. The number of nitrogens with one attached hydrogen (secondary N) is 2. The molecule has 0 fully saturated rings. The lowest BCUT2D eigenvalue weighted by atomic mass is 9.96. The van der Waals surface area contributed by atoms with Crippen LogP contribution in [0.3, 0.4) is 0 Å². The fraction of sp³-hybridized carbons (Fsp3) is 0.160. The quantitative estimate of drug-likeness (QED) is 0.399. The molecule has 5 rings (SSSR count). The number of aryl methyl sites for hydroxylation is 2. The van der Waals surface area contributed by atoms with E-state index >= 15 is 0 Å². The van der Waals surface area contributed by atoms with Crippen LogP contribution < -0.4 is 15.4 Å². The fourth-order valence-electron chi connectivity index (χ4n) is 4.05. The molecule has 0 bridgehead atoms. The van der Waals surface area contributed by atoms with E-state index in [2.05, 4.69) is 51.8 Å². The summed E-state index contributed by atoms with van der Waals surface area (Å²) in [5.41, 5.74) is 6.39. The number of methoxy groups -OCH3 is 1. The minimum absolute atomic E-state index is 0.615. The van der Waals surface area contributed by atoms with E-state index in [1.54, 1.807) is 7.11 Å². The van der Waals surface area contributed by atoms with E-state index in [0.29, 0.717) is 5.95 Å². The molecular formula is C25H24N6O. The summed E-state index contributed by atoms with van der Waals surface area (Å²) in [4.78, 5) is 8.90. The van der Waals surface area contributed by atoms with Crippen LogP contribution in [0.25, 0.3) is 32.9 Å². The SMILES string of the molecule is CNc1ncc2cc(-c3c(C)ccc4c(Nc5ccc(OC)cc5)nn(C)c34)ccc2n1. The molecule has 2 heterocycles. The molecule has 2 aromatic heterocycles. The van der Waals surface area contributed by atoms with E-state index in [4.69, 9.17) is 9.84 Å². The predicted molar refractivity (Wildman–Crippen MR) is 130 cm³/mol. The van der Waals surface area contributed by atoms with E-state index < -0.39 is 0 Å². The van der Waals surface area contributed by atoms with Gasteiger partial charge in [-0.1, -0.05) is 12.1 Å². The molecule has 0 amide bonds. The van der Waals surface area contributed by atoms with Gasteiger partial charge in [0.2, 0.25) is 5.95 Å². The zero-order valence-corrected chi connectivity index (χ0v) is 18.5. The van der Waals surface area contributed by atoms with Crippen molar-refractivity contribution in [2.45, 2.75) is 6.92 Å². The van der Waals surface area contributed by atoms with Crippen molar-refractivity contribution in [1.29, 1.82) is 0 Å². The second kappa shape index (κ2) is 7.85.